The van der Waals surface area contributed by atoms with Crippen molar-refractivity contribution in [3.63, 3.8) is 0 Å². The van der Waals surface area contributed by atoms with E-state index < -0.39 is 0 Å². The Labute approximate surface area is 92.9 Å². The number of hydrogen-bond acceptors (Lipinski definition) is 3. The SMILES string of the molecule is C=C(C)C(=O)OCC(NCC)C(C)(C)C. The molecule has 0 rings (SSSR count). The first-order valence-electron chi connectivity index (χ1n) is 5.35. The third-order valence-electron chi connectivity index (χ3n) is 2.23. The van der Waals surface area contributed by atoms with Crippen LogP contribution in [0.1, 0.15) is 34.6 Å². The Balaban J connectivity index is 4.19. The summed E-state index contributed by atoms with van der Waals surface area (Å²) in [5.41, 5.74) is 0.518. The lowest BCUT2D eigenvalue weighted by molar-refractivity contribution is -0.140. The number of hydrogen-bond donors (Lipinski definition) is 1. The molecule has 0 bridgehead atoms. The first kappa shape index (κ1) is 14.2. The summed E-state index contributed by atoms with van der Waals surface area (Å²) in [7, 11) is 0. The largest absolute Gasteiger partial charge is 0.461 e. The van der Waals surface area contributed by atoms with Gasteiger partial charge in [-0.05, 0) is 18.9 Å². The molecule has 0 aliphatic carbocycles. The molecule has 0 amide bonds. The van der Waals surface area contributed by atoms with Crippen LogP contribution in [0.5, 0.6) is 0 Å². The molecular weight excluding hydrogens is 190 g/mol. The molecule has 0 heterocycles. The normalized spacial score (nSPS) is 13.4. The molecule has 1 atom stereocenters. The van der Waals surface area contributed by atoms with E-state index in [0.29, 0.717) is 12.2 Å². The minimum absolute atomic E-state index is 0.0748. The molecule has 0 saturated heterocycles. The average molecular weight is 213 g/mol. The highest BCUT2D eigenvalue weighted by Gasteiger charge is 2.25. The Morgan fingerprint density at radius 3 is 2.33 bits per heavy atom. The van der Waals surface area contributed by atoms with E-state index in [1.807, 2.05) is 6.92 Å². The Morgan fingerprint density at radius 1 is 1.47 bits per heavy atom. The van der Waals surface area contributed by atoms with Crippen molar-refractivity contribution in [3.05, 3.63) is 12.2 Å². The Morgan fingerprint density at radius 2 is 2.00 bits per heavy atom. The zero-order chi connectivity index (χ0) is 12.1. The molecule has 0 aromatic carbocycles. The maximum absolute atomic E-state index is 11.2. The van der Waals surface area contributed by atoms with Crippen molar-refractivity contribution >= 4 is 5.97 Å². The quantitative estimate of drug-likeness (QED) is 0.561. The smallest absolute Gasteiger partial charge is 0.333 e. The topological polar surface area (TPSA) is 38.3 Å². The van der Waals surface area contributed by atoms with Gasteiger partial charge in [-0.2, -0.15) is 0 Å². The summed E-state index contributed by atoms with van der Waals surface area (Å²) >= 11 is 0. The highest BCUT2D eigenvalue weighted by molar-refractivity contribution is 5.86. The van der Waals surface area contributed by atoms with E-state index in [4.69, 9.17) is 4.74 Å². The van der Waals surface area contributed by atoms with Crippen molar-refractivity contribution < 1.29 is 9.53 Å². The lowest BCUT2D eigenvalue weighted by atomic mass is 9.87. The second-order valence-corrected chi connectivity index (χ2v) is 4.86. The van der Waals surface area contributed by atoms with Gasteiger partial charge in [-0.15, -0.1) is 0 Å². The van der Waals surface area contributed by atoms with Gasteiger partial charge < -0.3 is 10.1 Å². The lowest BCUT2D eigenvalue weighted by Gasteiger charge is -2.30. The molecule has 3 heteroatoms. The van der Waals surface area contributed by atoms with Crippen molar-refractivity contribution in [1.29, 1.82) is 0 Å². The zero-order valence-electron chi connectivity index (χ0n) is 10.5. The average Bonchev–Trinajstić information content (AvgIpc) is 2.09. The van der Waals surface area contributed by atoms with Gasteiger partial charge in [0.25, 0.3) is 0 Å². The van der Waals surface area contributed by atoms with Crippen LogP contribution in [-0.4, -0.2) is 25.2 Å². The first-order valence-corrected chi connectivity index (χ1v) is 5.35. The second-order valence-electron chi connectivity index (χ2n) is 4.86. The van der Waals surface area contributed by atoms with E-state index in [9.17, 15) is 4.79 Å². The molecule has 1 N–H and O–H groups in total. The zero-order valence-corrected chi connectivity index (χ0v) is 10.5. The first-order chi connectivity index (χ1) is 6.79. The van der Waals surface area contributed by atoms with E-state index in [2.05, 4.69) is 32.7 Å². The van der Waals surface area contributed by atoms with E-state index in [-0.39, 0.29) is 17.4 Å². The van der Waals surface area contributed by atoms with Crippen LogP contribution in [-0.2, 0) is 9.53 Å². The Hall–Kier alpha value is -0.830. The Bertz CT molecular complexity index is 228. The molecule has 0 aliphatic rings. The van der Waals surface area contributed by atoms with Crippen molar-refractivity contribution in [1.82, 2.24) is 5.32 Å². The number of esters is 1. The van der Waals surface area contributed by atoms with Gasteiger partial charge in [0.05, 0.1) is 0 Å². The van der Waals surface area contributed by atoms with Gasteiger partial charge in [0, 0.05) is 11.6 Å². The summed E-state index contributed by atoms with van der Waals surface area (Å²) in [5, 5.41) is 3.31. The lowest BCUT2D eigenvalue weighted by Crippen LogP contribution is -2.44. The summed E-state index contributed by atoms with van der Waals surface area (Å²) in [6.45, 7) is 14.9. The molecule has 1 unspecified atom stereocenters. The van der Waals surface area contributed by atoms with Gasteiger partial charge in [0.2, 0.25) is 0 Å². The number of nitrogens with one attached hydrogen (secondary N) is 1. The third-order valence-corrected chi connectivity index (χ3v) is 2.23. The van der Waals surface area contributed by atoms with Gasteiger partial charge in [0.1, 0.15) is 6.61 Å². The summed E-state index contributed by atoms with van der Waals surface area (Å²) in [4.78, 5) is 11.2. The Kier molecular flexibility index (Phi) is 5.58. The molecule has 0 aliphatic heterocycles. The predicted molar refractivity (Wildman–Crippen MR) is 62.7 cm³/mol. The van der Waals surface area contributed by atoms with Gasteiger partial charge in [-0.25, -0.2) is 4.79 Å². The highest BCUT2D eigenvalue weighted by Crippen LogP contribution is 2.19. The van der Waals surface area contributed by atoms with Gasteiger partial charge in [-0.1, -0.05) is 34.3 Å². The fourth-order valence-electron chi connectivity index (χ4n) is 1.14. The van der Waals surface area contributed by atoms with Crippen LogP contribution in [0.4, 0.5) is 0 Å². The molecule has 88 valence electrons. The summed E-state index contributed by atoms with van der Waals surface area (Å²) in [5.74, 6) is -0.317. The molecule has 0 radical (unpaired) electrons. The molecule has 0 spiro atoms. The van der Waals surface area contributed by atoms with Gasteiger partial charge in [-0.3, -0.25) is 0 Å². The van der Waals surface area contributed by atoms with Gasteiger partial charge >= 0.3 is 5.97 Å². The fourth-order valence-corrected chi connectivity index (χ4v) is 1.14. The van der Waals surface area contributed by atoms with Crippen LogP contribution in [0.25, 0.3) is 0 Å². The van der Waals surface area contributed by atoms with Crippen LogP contribution < -0.4 is 5.32 Å². The van der Waals surface area contributed by atoms with Crippen molar-refractivity contribution in [2.75, 3.05) is 13.2 Å². The van der Waals surface area contributed by atoms with Crippen LogP contribution >= 0.6 is 0 Å². The van der Waals surface area contributed by atoms with Gasteiger partial charge in [0.15, 0.2) is 0 Å². The van der Waals surface area contributed by atoms with Crippen LogP contribution in [0.15, 0.2) is 12.2 Å². The minimum Gasteiger partial charge on any atom is -0.461 e. The fraction of sp³-hybridized carbons (Fsp3) is 0.750. The third kappa shape index (κ3) is 5.57. The molecule has 0 aromatic rings. The predicted octanol–water partition coefficient (Wildman–Crippen LogP) is 2.13. The maximum atomic E-state index is 11.2. The molecule has 0 fully saturated rings. The molecule has 15 heavy (non-hydrogen) atoms. The van der Waals surface area contributed by atoms with Crippen LogP contribution in [0.2, 0.25) is 0 Å². The minimum atomic E-state index is -0.317. The van der Waals surface area contributed by atoms with Crippen LogP contribution in [0, 0.1) is 5.41 Å². The number of likely N-dealkylation sites (N-methyl/N-ethyl adjacent to an activating group) is 1. The van der Waals surface area contributed by atoms with E-state index in [1.54, 1.807) is 6.92 Å². The number of rotatable bonds is 5. The van der Waals surface area contributed by atoms with E-state index >= 15 is 0 Å². The molecule has 0 aromatic heterocycles. The highest BCUT2D eigenvalue weighted by atomic mass is 16.5. The molecular formula is C12H23NO2. The number of carbonyl (C=O) groups is 1. The summed E-state index contributed by atoms with van der Waals surface area (Å²) < 4.78 is 5.14. The van der Waals surface area contributed by atoms with Crippen molar-refractivity contribution in [3.8, 4) is 0 Å². The number of carbonyl (C=O) groups excluding carboxylic acids is 1. The standard InChI is InChI=1S/C12H23NO2/c1-7-13-10(12(4,5)6)8-15-11(14)9(2)3/h10,13H,2,7-8H2,1,3-6H3. The van der Waals surface area contributed by atoms with Crippen LogP contribution in [0.3, 0.4) is 0 Å². The summed E-state index contributed by atoms with van der Waals surface area (Å²) in [6, 6.07) is 0.172. The van der Waals surface area contributed by atoms with E-state index in [1.165, 1.54) is 0 Å². The summed E-state index contributed by atoms with van der Waals surface area (Å²) in [6.07, 6.45) is 0. The van der Waals surface area contributed by atoms with Crippen molar-refractivity contribution in [2.45, 2.75) is 40.7 Å². The van der Waals surface area contributed by atoms with Crippen molar-refractivity contribution in [2.24, 2.45) is 5.41 Å². The van der Waals surface area contributed by atoms with E-state index in [0.717, 1.165) is 6.54 Å². The second kappa shape index (κ2) is 5.91. The maximum Gasteiger partial charge on any atom is 0.333 e. The molecule has 0 saturated carbocycles. The molecule has 3 nitrogen and oxygen atoms in total. The monoisotopic (exact) mass is 213 g/mol. The number of ether oxygens (including phenoxy) is 1.